The van der Waals surface area contributed by atoms with Crippen LogP contribution in [0.15, 0.2) is 0 Å². The molecule has 0 bridgehead atoms. The van der Waals surface area contributed by atoms with Crippen LogP contribution >= 0.6 is 7.60 Å². The molecule has 0 fully saturated rings. The van der Waals surface area contributed by atoms with E-state index in [1.165, 1.54) is 83.5 Å². The van der Waals surface area contributed by atoms with Crippen LogP contribution in [0.4, 0.5) is 0 Å². The molecule has 0 amide bonds. The number of nitrogens with zero attached hydrogens (tertiary/aromatic N) is 1. The highest BCUT2D eigenvalue weighted by molar-refractivity contribution is 7.52. The third kappa shape index (κ3) is 26.9. The largest absolute Gasteiger partial charge is 0.457 e. The summed E-state index contributed by atoms with van der Waals surface area (Å²) in [5.74, 6) is -0.328. The molecule has 7 nitrogen and oxygen atoms in total. The molecule has 2 atom stereocenters. The lowest BCUT2D eigenvalue weighted by Gasteiger charge is -2.25. The van der Waals surface area contributed by atoms with Gasteiger partial charge in [-0.05, 0) is 12.8 Å². The van der Waals surface area contributed by atoms with Gasteiger partial charge in [0.25, 0.3) is 0 Å². The van der Waals surface area contributed by atoms with Gasteiger partial charge in [-0.2, -0.15) is 0 Å². The zero-order valence-electron chi connectivity index (χ0n) is 25.0. The van der Waals surface area contributed by atoms with E-state index in [1.807, 2.05) is 28.1 Å². The maximum Gasteiger partial charge on any atom is 0.333 e. The molecular formula is C29H61NO6P+. The fourth-order valence-corrected chi connectivity index (χ4v) is 5.43. The lowest BCUT2D eigenvalue weighted by molar-refractivity contribution is -0.867. The van der Waals surface area contributed by atoms with Gasteiger partial charge in [0.2, 0.25) is 0 Å². The van der Waals surface area contributed by atoms with Crippen molar-refractivity contribution in [3.05, 3.63) is 0 Å². The highest BCUT2D eigenvalue weighted by Gasteiger charge is 2.26. The molecular weight excluding hydrogens is 489 g/mol. The van der Waals surface area contributed by atoms with Crippen molar-refractivity contribution in [3.8, 4) is 0 Å². The van der Waals surface area contributed by atoms with Gasteiger partial charge in [-0.25, -0.2) is 0 Å². The Morgan fingerprint density at radius 3 is 1.70 bits per heavy atom. The molecule has 0 aromatic carbocycles. The van der Waals surface area contributed by atoms with Crippen molar-refractivity contribution < 1.29 is 32.7 Å². The summed E-state index contributed by atoms with van der Waals surface area (Å²) in [6, 6.07) is 0. The molecule has 0 aromatic rings. The number of carbonyl (C=O) groups excluding carboxylic acids is 1. The van der Waals surface area contributed by atoms with Crippen LogP contribution in [0.3, 0.4) is 0 Å². The summed E-state index contributed by atoms with van der Waals surface area (Å²) in [5.41, 5.74) is 0. The summed E-state index contributed by atoms with van der Waals surface area (Å²) in [7, 11) is 2.14. The molecule has 8 heteroatoms. The molecule has 0 saturated carbocycles. The summed E-state index contributed by atoms with van der Waals surface area (Å²) in [4.78, 5) is 22.1. The van der Waals surface area contributed by atoms with Crippen molar-refractivity contribution in [2.75, 3.05) is 53.7 Å². The molecule has 222 valence electrons. The number of esters is 1. The van der Waals surface area contributed by atoms with Gasteiger partial charge >= 0.3 is 13.6 Å². The molecule has 0 aromatic heterocycles. The molecule has 0 aliphatic carbocycles. The van der Waals surface area contributed by atoms with Crippen LogP contribution in [0.5, 0.6) is 0 Å². The van der Waals surface area contributed by atoms with Crippen LogP contribution in [-0.2, 0) is 23.4 Å². The number of ether oxygens (including phenoxy) is 2. The van der Waals surface area contributed by atoms with Gasteiger partial charge < -0.3 is 23.4 Å². The summed E-state index contributed by atoms with van der Waals surface area (Å²) < 4.78 is 29.4. The first-order valence-electron chi connectivity index (χ1n) is 15.1. The van der Waals surface area contributed by atoms with Crippen molar-refractivity contribution in [2.24, 2.45) is 0 Å². The third-order valence-corrected chi connectivity index (χ3v) is 7.78. The average molecular weight is 551 g/mol. The minimum atomic E-state index is -3.74. The zero-order valence-corrected chi connectivity index (χ0v) is 25.9. The second kappa shape index (κ2) is 23.4. The topological polar surface area (TPSA) is 82.1 Å². The monoisotopic (exact) mass is 550 g/mol. The Morgan fingerprint density at radius 2 is 1.24 bits per heavy atom. The number of rotatable bonds is 27. The minimum Gasteiger partial charge on any atom is -0.457 e. The maximum atomic E-state index is 12.4. The maximum absolute atomic E-state index is 12.4. The molecule has 0 rings (SSSR count). The average Bonchev–Trinajstić information content (AvgIpc) is 2.83. The fraction of sp³-hybridized carbons (Fsp3) is 0.966. The van der Waals surface area contributed by atoms with E-state index in [0.717, 1.165) is 12.8 Å². The first kappa shape index (κ1) is 36.5. The SMILES string of the molecule is CCCCCCCCCCCCCCCCCOCC(COP(=O)(O)CC[N+](C)(C)C)OC(=O)CCC. The van der Waals surface area contributed by atoms with E-state index in [0.29, 0.717) is 30.5 Å². The minimum absolute atomic E-state index is 0.0616. The lowest BCUT2D eigenvalue weighted by atomic mass is 10.0. The molecule has 0 spiro atoms. The molecule has 0 aliphatic rings. The number of hydrogen-bond acceptors (Lipinski definition) is 5. The van der Waals surface area contributed by atoms with Gasteiger partial charge in [0.05, 0.1) is 47.1 Å². The van der Waals surface area contributed by atoms with E-state index >= 15 is 0 Å². The third-order valence-electron chi connectivity index (χ3n) is 6.46. The Hall–Kier alpha value is -0.460. The van der Waals surface area contributed by atoms with Crippen LogP contribution in [0.25, 0.3) is 0 Å². The van der Waals surface area contributed by atoms with Crippen LogP contribution in [0.2, 0.25) is 0 Å². The Bertz CT molecular complexity index is 581. The highest BCUT2D eigenvalue weighted by Crippen LogP contribution is 2.41. The van der Waals surface area contributed by atoms with Gasteiger partial charge in [0.1, 0.15) is 6.10 Å². The second-order valence-corrected chi connectivity index (χ2v) is 13.5. The molecule has 0 saturated heterocycles. The van der Waals surface area contributed by atoms with Gasteiger partial charge in [-0.15, -0.1) is 0 Å². The Labute approximate surface area is 229 Å². The van der Waals surface area contributed by atoms with Gasteiger partial charge in [-0.1, -0.05) is 104 Å². The molecule has 37 heavy (non-hydrogen) atoms. The summed E-state index contributed by atoms with van der Waals surface area (Å²) in [6.07, 6.45) is 20.2. The van der Waals surface area contributed by atoms with E-state index in [4.69, 9.17) is 14.0 Å². The number of hydrogen-bond donors (Lipinski definition) is 1. The van der Waals surface area contributed by atoms with E-state index in [1.54, 1.807) is 0 Å². The normalized spacial score (nSPS) is 14.4. The first-order valence-corrected chi connectivity index (χ1v) is 16.9. The van der Waals surface area contributed by atoms with Crippen LogP contribution in [0.1, 0.15) is 123 Å². The predicted octanol–water partition coefficient (Wildman–Crippen LogP) is 7.49. The van der Waals surface area contributed by atoms with Crippen LogP contribution < -0.4 is 0 Å². The predicted molar refractivity (Wildman–Crippen MR) is 154 cm³/mol. The fourth-order valence-electron chi connectivity index (χ4n) is 4.05. The number of quaternary nitrogens is 1. The first-order chi connectivity index (χ1) is 17.6. The number of carbonyl (C=O) groups is 1. The van der Waals surface area contributed by atoms with Gasteiger partial charge in [0.15, 0.2) is 0 Å². The van der Waals surface area contributed by atoms with Crippen molar-refractivity contribution >= 4 is 13.6 Å². The zero-order chi connectivity index (χ0) is 27.8. The van der Waals surface area contributed by atoms with Crippen molar-refractivity contribution in [1.82, 2.24) is 0 Å². The second-order valence-electron chi connectivity index (χ2n) is 11.6. The quantitative estimate of drug-likeness (QED) is 0.0494. The Morgan fingerprint density at radius 1 is 0.757 bits per heavy atom. The molecule has 0 heterocycles. The summed E-state index contributed by atoms with van der Waals surface area (Å²) in [6.45, 7) is 5.35. The van der Waals surface area contributed by atoms with Crippen LogP contribution in [-0.4, -0.2) is 75.1 Å². The Kier molecular flexibility index (Phi) is 23.1. The van der Waals surface area contributed by atoms with E-state index in [2.05, 4.69) is 6.92 Å². The van der Waals surface area contributed by atoms with Crippen molar-refractivity contribution in [3.63, 3.8) is 0 Å². The van der Waals surface area contributed by atoms with Crippen molar-refractivity contribution in [1.29, 1.82) is 0 Å². The van der Waals surface area contributed by atoms with Gasteiger partial charge in [0, 0.05) is 13.0 Å². The smallest absolute Gasteiger partial charge is 0.333 e. The van der Waals surface area contributed by atoms with Crippen molar-refractivity contribution in [2.45, 2.75) is 129 Å². The molecule has 0 aliphatic heterocycles. The van der Waals surface area contributed by atoms with Gasteiger partial charge in [-0.3, -0.25) is 9.36 Å². The molecule has 1 N–H and O–H groups in total. The molecule has 0 radical (unpaired) electrons. The molecule has 2 unspecified atom stereocenters. The van der Waals surface area contributed by atoms with E-state index in [9.17, 15) is 14.3 Å². The number of unbranched alkanes of at least 4 members (excludes halogenated alkanes) is 14. The highest BCUT2D eigenvalue weighted by atomic mass is 31.2. The standard InChI is InChI=1S/C29H60NO6P/c1-6-8-9-10-11-12-13-14-15-16-17-18-19-20-21-24-34-26-28(36-29(31)22-7-2)27-35-37(32,33)25-23-30(3,4)5/h28H,6-27H2,1-5H3/p+1. The van der Waals surface area contributed by atoms with E-state index in [-0.39, 0.29) is 25.3 Å². The Balaban J connectivity index is 3.90. The van der Waals surface area contributed by atoms with E-state index < -0.39 is 13.7 Å². The lowest BCUT2D eigenvalue weighted by Crippen LogP contribution is -2.37. The van der Waals surface area contributed by atoms with Crippen LogP contribution in [0, 0.1) is 0 Å². The summed E-state index contributed by atoms with van der Waals surface area (Å²) >= 11 is 0. The summed E-state index contributed by atoms with van der Waals surface area (Å²) in [5, 5.41) is 0.